The van der Waals surface area contributed by atoms with Gasteiger partial charge in [-0.2, -0.15) is 18.4 Å². The third-order valence-electron chi connectivity index (χ3n) is 4.69. The molecular formula is C17H19F2N5O2S. The molecule has 1 atom stereocenters. The maximum Gasteiger partial charge on any atom is 0.387 e. The summed E-state index contributed by atoms with van der Waals surface area (Å²) in [4.78, 5) is 9.88. The van der Waals surface area contributed by atoms with Crippen LogP contribution in [0, 0.1) is 0 Å². The Labute approximate surface area is 158 Å². The van der Waals surface area contributed by atoms with E-state index in [-0.39, 0.29) is 17.7 Å². The first kappa shape index (κ1) is 18.1. The Morgan fingerprint density at radius 3 is 2.70 bits per heavy atom. The van der Waals surface area contributed by atoms with Crippen LogP contribution >= 0.6 is 11.3 Å². The van der Waals surface area contributed by atoms with E-state index in [9.17, 15) is 13.9 Å². The zero-order valence-corrected chi connectivity index (χ0v) is 15.4. The number of halogens is 2. The predicted octanol–water partition coefficient (Wildman–Crippen LogP) is 2.43. The van der Waals surface area contributed by atoms with Crippen molar-refractivity contribution in [3.8, 4) is 11.6 Å². The number of alkyl halides is 2. The zero-order chi connectivity index (χ0) is 19.0. The number of hydrogen-bond acceptors (Lipinski definition) is 7. The Balaban J connectivity index is 1.76. The monoisotopic (exact) mass is 395 g/mol. The molecule has 10 heteroatoms. The normalized spacial score (nSPS) is 17.6. The lowest BCUT2D eigenvalue weighted by molar-refractivity contribution is -0.0499. The predicted molar refractivity (Wildman–Crippen MR) is 96.5 cm³/mol. The van der Waals surface area contributed by atoms with Crippen LogP contribution in [0.15, 0.2) is 30.6 Å². The van der Waals surface area contributed by atoms with E-state index < -0.39 is 6.61 Å². The number of hydrogen-bond donors (Lipinski definition) is 1. The number of aromatic hydroxyl groups is 1. The first-order valence-electron chi connectivity index (χ1n) is 8.51. The molecule has 0 spiro atoms. The van der Waals surface area contributed by atoms with Gasteiger partial charge in [0.15, 0.2) is 0 Å². The number of rotatable bonds is 5. The molecular weight excluding hydrogens is 376 g/mol. The molecule has 1 aliphatic heterocycles. The lowest BCUT2D eigenvalue weighted by Crippen LogP contribution is -2.46. The molecule has 0 bridgehead atoms. The van der Waals surface area contributed by atoms with E-state index in [1.54, 1.807) is 12.1 Å². The van der Waals surface area contributed by atoms with Crippen molar-refractivity contribution in [1.29, 1.82) is 0 Å². The van der Waals surface area contributed by atoms with Crippen molar-refractivity contribution in [1.82, 2.24) is 24.4 Å². The van der Waals surface area contributed by atoms with Crippen molar-refractivity contribution in [3.63, 3.8) is 0 Å². The minimum atomic E-state index is -2.88. The molecule has 7 nitrogen and oxygen atoms in total. The van der Waals surface area contributed by atoms with Crippen molar-refractivity contribution in [3.05, 3.63) is 41.0 Å². The average Bonchev–Trinajstić information content (AvgIpc) is 3.21. The maximum absolute atomic E-state index is 12.6. The SMILES string of the molecule is CN1CCN([C@@H](c2cccc(OC(F)F)c2)c2sc3ncnn3c2O)CC1. The van der Waals surface area contributed by atoms with Crippen LogP contribution in [-0.2, 0) is 0 Å². The van der Waals surface area contributed by atoms with Gasteiger partial charge < -0.3 is 14.7 Å². The molecule has 0 unspecified atom stereocenters. The largest absolute Gasteiger partial charge is 0.492 e. The highest BCUT2D eigenvalue weighted by Gasteiger charge is 2.31. The molecule has 1 N–H and O–H groups in total. The topological polar surface area (TPSA) is 66.1 Å². The molecule has 3 aromatic rings. The van der Waals surface area contributed by atoms with E-state index in [0.29, 0.717) is 9.84 Å². The fourth-order valence-corrected chi connectivity index (χ4v) is 4.43. The van der Waals surface area contributed by atoms with Crippen molar-refractivity contribution in [2.45, 2.75) is 12.7 Å². The summed E-state index contributed by atoms with van der Waals surface area (Å²) in [5, 5.41) is 14.7. The van der Waals surface area contributed by atoms with Crippen LogP contribution in [0.1, 0.15) is 16.5 Å². The molecule has 0 radical (unpaired) electrons. The molecule has 1 fully saturated rings. The molecule has 0 saturated carbocycles. The van der Waals surface area contributed by atoms with E-state index in [1.165, 1.54) is 28.2 Å². The van der Waals surface area contributed by atoms with Crippen molar-refractivity contribution in [2.24, 2.45) is 0 Å². The summed E-state index contributed by atoms with van der Waals surface area (Å²) in [6.07, 6.45) is 1.39. The molecule has 1 aliphatic rings. The summed E-state index contributed by atoms with van der Waals surface area (Å²) in [5.41, 5.74) is 0.775. The summed E-state index contributed by atoms with van der Waals surface area (Å²) in [6.45, 7) is 0.448. The van der Waals surface area contributed by atoms with E-state index in [1.807, 2.05) is 6.07 Å². The number of likely N-dealkylation sites (N-methyl/N-ethyl adjacent to an activating group) is 1. The smallest absolute Gasteiger partial charge is 0.387 e. The number of thiazole rings is 1. The Kier molecular flexibility index (Phi) is 4.94. The van der Waals surface area contributed by atoms with E-state index in [0.717, 1.165) is 31.7 Å². The molecule has 144 valence electrons. The lowest BCUT2D eigenvalue weighted by Gasteiger charge is -2.37. The van der Waals surface area contributed by atoms with Crippen LogP contribution in [0.5, 0.6) is 11.6 Å². The second-order valence-electron chi connectivity index (χ2n) is 6.44. The number of aromatic nitrogens is 3. The Hall–Kier alpha value is -2.30. The second kappa shape index (κ2) is 7.37. The third kappa shape index (κ3) is 3.60. The minimum absolute atomic E-state index is 0.0246. The summed E-state index contributed by atoms with van der Waals surface area (Å²) >= 11 is 1.34. The van der Waals surface area contributed by atoms with Gasteiger partial charge in [0.25, 0.3) is 0 Å². The molecule has 1 saturated heterocycles. The van der Waals surface area contributed by atoms with Crippen molar-refractivity contribution < 1.29 is 18.6 Å². The fourth-order valence-electron chi connectivity index (χ4n) is 3.34. The van der Waals surface area contributed by atoms with Gasteiger partial charge in [0.05, 0.1) is 10.9 Å². The van der Waals surface area contributed by atoms with Crippen LogP contribution in [0.25, 0.3) is 4.96 Å². The summed E-state index contributed by atoms with van der Waals surface area (Å²) in [7, 11) is 2.06. The van der Waals surface area contributed by atoms with Gasteiger partial charge in [-0.15, -0.1) is 0 Å². The standard InChI is InChI=1S/C17H19F2N5O2S/c1-22-5-7-23(8-6-22)13(11-3-2-4-12(9-11)26-16(18)19)14-15(25)24-17(27-14)20-10-21-24/h2-4,9-10,13,16,25H,5-8H2,1H3/t13-/m0/s1. The summed E-state index contributed by atoms with van der Waals surface area (Å²) in [6, 6.07) is 6.35. The van der Waals surface area contributed by atoms with E-state index in [2.05, 4.69) is 31.7 Å². The molecule has 0 aliphatic carbocycles. The quantitative estimate of drug-likeness (QED) is 0.716. The van der Waals surface area contributed by atoms with Gasteiger partial charge >= 0.3 is 6.61 Å². The van der Waals surface area contributed by atoms with Crippen LogP contribution in [-0.4, -0.2) is 69.3 Å². The Morgan fingerprint density at radius 1 is 1.22 bits per heavy atom. The van der Waals surface area contributed by atoms with Crippen LogP contribution < -0.4 is 4.74 Å². The highest BCUT2D eigenvalue weighted by molar-refractivity contribution is 7.17. The number of piperazine rings is 1. The van der Waals surface area contributed by atoms with Gasteiger partial charge in [-0.1, -0.05) is 23.5 Å². The summed E-state index contributed by atoms with van der Waals surface area (Å²) in [5.74, 6) is 0.122. The number of nitrogens with zero attached hydrogens (tertiary/aromatic N) is 5. The highest BCUT2D eigenvalue weighted by atomic mass is 32.1. The average molecular weight is 395 g/mol. The van der Waals surface area contributed by atoms with Gasteiger partial charge in [0.1, 0.15) is 12.1 Å². The minimum Gasteiger partial charge on any atom is -0.492 e. The molecule has 0 amide bonds. The molecule has 2 aromatic heterocycles. The fraction of sp³-hybridized carbons (Fsp3) is 0.412. The van der Waals surface area contributed by atoms with E-state index in [4.69, 9.17) is 0 Å². The van der Waals surface area contributed by atoms with Gasteiger partial charge in [-0.05, 0) is 24.7 Å². The van der Waals surface area contributed by atoms with Gasteiger partial charge in [-0.25, -0.2) is 4.98 Å². The second-order valence-corrected chi connectivity index (χ2v) is 7.45. The Morgan fingerprint density at radius 2 is 2.00 bits per heavy atom. The Bertz CT molecular complexity index is 923. The maximum atomic E-state index is 12.6. The van der Waals surface area contributed by atoms with Gasteiger partial charge in [0.2, 0.25) is 10.8 Å². The van der Waals surface area contributed by atoms with Crippen LogP contribution in [0.3, 0.4) is 0 Å². The summed E-state index contributed by atoms with van der Waals surface area (Å²) < 4.78 is 31.2. The van der Waals surface area contributed by atoms with Crippen LogP contribution in [0.2, 0.25) is 0 Å². The third-order valence-corrected chi connectivity index (χ3v) is 5.78. The zero-order valence-electron chi connectivity index (χ0n) is 14.6. The molecule has 3 heterocycles. The highest BCUT2D eigenvalue weighted by Crippen LogP contribution is 2.40. The molecule has 4 rings (SSSR count). The van der Waals surface area contributed by atoms with Gasteiger partial charge in [0, 0.05) is 26.2 Å². The van der Waals surface area contributed by atoms with Crippen molar-refractivity contribution >= 4 is 16.3 Å². The molecule has 1 aromatic carbocycles. The number of benzene rings is 1. The van der Waals surface area contributed by atoms with E-state index >= 15 is 0 Å². The molecule has 27 heavy (non-hydrogen) atoms. The number of ether oxygens (including phenoxy) is 1. The van der Waals surface area contributed by atoms with Crippen LogP contribution in [0.4, 0.5) is 8.78 Å². The lowest BCUT2D eigenvalue weighted by atomic mass is 10.0. The first-order valence-corrected chi connectivity index (χ1v) is 9.33. The van der Waals surface area contributed by atoms with Gasteiger partial charge in [-0.3, -0.25) is 4.90 Å². The van der Waals surface area contributed by atoms with Crippen molar-refractivity contribution in [2.75, 3.05) is 33.2 Å². The first-order chi connectivity index (χ1) is 13.0. The number of fused-ring (bicyclic) bond motifs is 1.